The molecule has 0 saturated carbocycles. The van der Waals surface area contributed by atoms with Crippen LogP contribution in [-0.2, 0) is 0 Å². The van der Waals surface area contributed by atoms with E-state index in [2.05, 4.69) is 0 Å². The molecule has 1 aromatic rings. The Hall–Kier alpha value is -0.480. The molecule has 0 spiro atoms. The van der Waals surface area contributed by atoms with Crippen molar-refractivity contribution in [2.45, 2.75) is 6.10 Å². The minimum atomic E-state index is -0.679. The lowest BCUT2D eigenvalue weighted by molar-refractivity contribution is 0.114. The molecule has 1 atom stereocenters. The summed E-state index contributed by atoms with van der Waals surface area (Å²) in [6, 6.07) is 4.89. The fraction of sp³-hybridized carbons (Fsp3) is 0.333. The van der Waals surface area contributed by atoms with E-state index in [4.69, 9.17) is 38.8 Å². The van der Waals surface area contributed by atoms with Crippen LogP contribution in [0.2, 0.25) is 10.0 Å². The predicted octanol–water partition coefficient (Wildman–Crippen LogP) is 1.69. The van der Waals surface area contributed by atoms with Crippen LogP contribution in [0.25, 0.3) is 0 Å². The van der Waals surface area contributed by atoms with Gasteiger partial charge in [0.2, 0.25) is 0 Å². The maximum atomic E-state index is 9.15. The quantitative estimate of drug-likeness (QED) is 0.836. The number of halogens is 2. The first kappa shape index (κ1) is 11.6. The molecule has 14 heavy (non-hydrogen) atoms. The highest BCUT2D eigenvalue weighted by molar-refractivity contribution is 6.35. The molecule has 0 aliphatic rings. The highest BCUT2D eigenvalue weighted by atomic mass is 35.5. The van der Waals surface area contributed by atoms with Crippen LogP contribution < -0.4 is 10.5 Å². The Morgan fingerprint density at radius 1 is 1.43 bits per heavy atom. The molecule has 0 unspecified atom stereocenters. The van der Waals surface area contributed by atoms with Gasteiger partial charge in [0.1, 0.15) is 18.5 Å². The van der Waals surface area contributed by atoms with E-state index >= 15 is 0 Å². The molecule has 3 N–H and O–H groups in total. The highest BCUT2D eigenvalue weighted by Gasteiger charge is 2.05. The van der Waals surface area contributed by atoms with Crippen molar-refractivity contribution in [3.05, 3.63) is 28.2 Å². The normalized spacial score (nSPS) is 12.6. The predicted molar refractivity (Wildman–Crippen MR) is 57.0 cm³/mol. The monoisotopic (exact) mass is 235 g/mol. The van der Waals surface area contributed by atoms with Gasteiger partial charge in [-0.15, -0.1) is 0 Å². The lowest BCUT2D eigenvalue weighted by Gasteiger charge is -2.11. The van der Waals surface area contributed by atoms with E-state index in [0.29, 0.717) is 15.8 Å². The Morgan fingerprint density at radius 2 is 2.14 bits per heavy atom. The van der Waals surface area contributed by atoms with Crippen LogP contribution in [-0.4, -0.2) is 24.4 Å². The van der Waals surface area contributed by atoms with Crippen LogP contribution in [0, 0.1) is 0 Å². The van der Waals surface area contributed by atoms with Crippen molar-refractivity contribution in [3.8, 4) is 5.75 Å². The van der Waals surface area contributed by atoms with Crippen molar-refractivity contribution < 1.29 is 9.84 Å². The van der Waals surface area contributed by atoms with E-state index < -0.39 is 6.10 Å². The highest BCUT2D eigenvalue weighted by Crippen LogP contribution is 2.27. The van der Waals surface area contributed by atoms with E-state index in [1.54, 1.807) is 18.2 Å². The molecule has 0 aromatic heterocycles. The van der Waals surface area contributed by atoms with Crippen molar-refractivity contribution in [1.29, 1.82) is 0 Å². The summed E-state index contributed by atoms with van der Waals surface area (Å²) in [5, 5.41) is 10.1. The van der Waals surface area contributed by atoms with Gasteiger partial charge in [-0.2, -0.15) is 0 Å². The molecule has 0 heterocycles. The summed E-state index contributed by atoms with van der Waals surface area (Å²) < 4.78 is 5.22. The van der Waals surface area contributed by atoms with Crippen molar-refractivity contribution in [1.82, 2.24) is 0 Å². The third kappa shape index (κ3) is 3.35. The zero-order valence-corrected chi connectivity index (χ0v) is 8.92. The molecule has 5 heteroatoms. The van der Waals surface area contributed by atoms with Gasteiger partial charge in [0.05, 0.1) is 5.02 Å². The molecule has 0 radical (unpaired) electrons. The van der Waals surface area contributed by atoms with Gasteiger partial charge in [0, 0.05) is 11.6 Å². The number of ether oxygens (including phenoxy) is 1. The Kier molecular flexibility index (Phi) is 4.48. The van der Waals surface area contributed by atoms with Gasteiger partial charge in [-0.3, -0.25) is 0 Å². The Labute approximate surface area is 92.4 Å². The SMILES string of the molecule is NC[C@@H](O)COc1ccc(Cl)cc1Cl. The summed E-state index contributed by atoms with van der Waals surface area (Å²) >= 11 is 11.5. The van der Waals surface area contributed by atoms with Crippen LogP contribution >= 0.6 is 23.2 Å². The molecular weight excluding hydrogens is 225 g/mol. The first-order valence-corrected chi connectivity index (χ1v) is 4.85. The standard InChI is InChI=1S/C9H11Cl2NO2/c10-6-1-2-9(8(11)3-6)14-5-7(13)4-12/h1-3,7,13H,4-5,12H2/t7-/m1/s1. The van der Waals surface area contributed by atoms with Gasteiger partial charge >= 0.3 is 0 Å². The summed E-state index contributed by atoms with van der Waals surface area (Å²) in [6.45, 7) is 0.281. The Bertz CT molecular complexity index is 307. The molecule has 0 aliphatic heterocycles. The molecule has 1 rings (SSSR count). The molecule has 0 aliphatic carbocycles. The second-order valence-corrected chi connectivity index (χ2v) is 3.62. The molecular formula is C9H11Cl2NO2. The van der Waals surface area contributed by atoms with Crippen LogP contribution in [0.3, 0.4) is 0 Å². The summed E-state index contributed by atoms with van der Waals surface area (Å²) in [7, 11) is 0. The zero-order chi connectivity index (χ0) is 10.6. The number of aliphatic hydroxyl groups excluding tert-OH is 1. The first-order valence-electron chi connectivity index (χ1n) is 4.09. The minimum absolute atomic E-state index is 0.123. The lowest BCUT2D eigenvalue weighted by atomic mass is 10.3. The van der Waals surface area contributed by atoms with E-state index in [9.17, 15) is 0 Å². The van der Waals surface area contributed by atoms with Crippen LogP contribution in [0.5, 0.6) is 5.75 Å². The Morgan fingerprint density at radius 3 is 2.71 bits per heavy atom. The fourth-order valence-electron chi connectivity index (χ4n) is 0.846. The van der Waals surface area contributed by atoms with Gasteiger partial charge in [0.25, 0.3) is 0 Å². The molecule has 0 saturated heterocycles. The molecule has 3 nitrogen and oxygen atoms in total. The molecule has 0 amide bonds. The van der Waals surface area contributed by atoms with Crippen LogP contribution in [0.1, 0.15) is 0 Å². The maximum Gasteiger partial charge on any atom is 0.138 e. The van der Waals surface area contributed by atoms with Gasteiger partial charge in [0.15, 0.2) is 0 Å². The molecule has 0 fully saturated rings. The Balaban J connectivity index is 2.59. The van der Waals surface area contributed by atoms with Crippen LogP contribution in [0.4, 0.5) is 0 Å². The number of aliphatic hydroxyl groups is 1. The zero-order valence-electron chi connectivity index (χ0n) is 7.41. The third-order valence-corrected chi connectivity index (χ3v) is 2.13. The smallest absolute Gasteiger partial charge is 0.138 e. The molecule has 78 valence electrons. The van der Waals surface area contributed by atoms with Crippen molar-refractivity contribution in [3.63, 3.8) is 0 Å². The summed E-state index contributed by atoms with van der Waals surface area (Å²) in [6.07, 6.45) is -0.679. The van der Waals surface area contributed by atoms with E-state index in [1.807, 2.05) is 0 Å². The van der Waals surface area contributed by atoms with Crippen molar-refractivity contribution >= 4 is 23.2 Å². The summed E-state index contributed by atoms with van der Waals surface area (Å²) in [5.41, 5.74) is 5.21. The summed E-state index contributed by atoms with van der Waals surface area (Å²) in [5.74, 6) is 0.489. The van der Waals surface area contributed by atoms with Gasteiger partial charge < -0.3 is 15.6 Å². The van der Waals surface area contributed by atoms with Gasteiger partial charge in [-0.05, 0) is 18.2 Å². The minimum Gasteiger partial charge on any atom is -0.489 e. The summed E-state index contributed by atoms with van der Waals surface area (Å²) in [4.78, 5) is 0. The number of nitrogens with two attached hydrogens (primary N) is 1. The molecule has 1 aromatic carbocycles. The first-order chi connectivity index (χ1) is 6.63. The number of hydrogen-bond donors (Lipinski definition) is 2. The maximum absolute atomic E-state index is 9.15. The van der Waals surface area contributed by atoms with Crippen molar-refractivity contribution in [2.75, 3.05) is 13.2 Å². The van der Waals surface area contributed by atoms with E-state index in [1.165, 1.54) is 0 Å². The largest absolute Gasteiger partial charge is 0.489 e. The fourth-order valence-corrected chi connectivity index (χ4v) is 1.31. The van der Waals surface area contributed by atoms with E-state index in [0.717, 1.165) is 0 Å². The van der Waals surface area contributed by atoms with E-state index in [-0.39, 0.29) is 13.2 Å². The topological polar surface area (TPSA) is 55.5 Å². The average molecular weight is 236 g/mol. The second kappa shape index (κ2) is 5.41. The lowest BCUT2D eigenvalue weighted by Crippen LogP contribution is -2.26. The average Bonchev–Trinajstić information content (AvgIpc) is 2.16. The number of hydrogen-bond acceptors (Lipinski definition) is 3. The second-order valence-electron chi connectivity index (χ2n) is 2.78. The number of benzene rings is 1. The van der Waals surface area contributed by atoms with Gasteiger partial charge in [-0.1, -0.05) is 23.2 Å². The van der Waals surface area contributed by atoms with Crippen molar-refractivity contribution in [2.24, 2.45) is 5.73 Å². The third-order valence-electron chi connectivity index (χ3n) is 1.60. The van der Waals surface area contributed by atoms with Gasteiger partial charge in [-0.25, -0.2) is 0 Å². The number of rotatable bonds is 4. The molecule has 0 bridgehead atoms. The van der Waals surface area contributed by atoms with Crippen LogP contribution in [0.15, 0.2) is 18.2 Å².